The van der Waals surface area contributed by atoms with Crippen LogP contribution in [0.5, 0.6) is 0 Å². The van der Waals surface area contributed by atoms with Crippen LogP contribution in [0.25, 0.3) is 0 Å². The van der Waals surface area contributed by atoms with Gasteiger partial charge in [0, 0.05) is 31.0 Å². The Kier molecular flexibility index (Phi) is 5.19. The summed E-state index contributed by atoms with van der Waals surface area (Å²) in [5.74, 6) is 0.584. The van der Waals surface area contributed by atoms with Gasteiger partial charge in [-0.2, -0.15) is 5.26 Å². The summed E-state index contributed by atoms with van der Waals surface area (Å²) in [7, 11) is 0. The molecule has 0 amide bonds. The maximum Gasteiger partial charge on any atom is 0.145 e. The zero-order valence-corrected chi connectivity index (χ0v) is 14.3. The highest BCUT2D eigenvalue weighted by Crippen LogP contribution is 2.26. The molecule has 1 atom stereocenters. The highest BCUT2D eigenvalue weighted by Gasteiger charge is 2.13. The molecule has 124 valence electrons. The fraction of sp³-hybridized carbons (Fsp3) is 0.333. The molecule has 6 heteroatoms. The molecule has 1 aliphatic rings. The molecule has 5 nitrogen and oxygen atoms in total. The molecule has 1 aromatic heterocycles. The number of aromatic nitrogens is 1. The van der Waals surface area contributed by atoms with Crippen LogP contribution in [0.3, 0.4) is 0 Å². The van der Waals surface area contributed by atoms with Gasteiger partial charge in [-0.3, -0.25) is 0 Å². The van der Waals surface area contributed by atoms with Gasteiger partial charge >= 0.3 is 0 Å². The maximum absolute atomic E-state index is 8.87. The lowest BCUT2D eigenvalue weighted by Gasteiger charge is -2.29. The van der Waals surface area contributed by atoms with E-state index in [9.17, 15) is 0 Å². The normalized spacial score (nSPS) is 15.6. The van der Waals surface area contributed by atoms with Gasteiger partial charge in [-0.1, -0.05) is 23.7 Å². The van der Waals surface area contributed by atoms with E-state index in [1.54, 1.807) is 6.07 Å². The minimum absolute atomic E-state index is 0.0571. The average Bonchev–Trinajstić information content (AvgIpc) is 2.64. The van der Waals surface area contributed by atoms with Gasteiger partial charge in [0.05, 0.1) is 23.8 Å². The Labute approximate surface area is 146 Å². The number of morpholine rings is 1. The highest BCUT2D eigenvalue weighted by atomic mass is 35.5. The van der Waals surface area contributed by atoms with Crippen molar-refractivity contribution in [2.45, 2.75) is 13.0 Å². The molecule has 3 rings (SSSR count). The standard InChI is InChI=1S/C18H19ClN4O/c1-13(22-18-17(19)10-14(11-20)12-21-18)15-2-4-16(5-3-15)23-6-8-24-9-7-23/h2-5,10,12-13H,6-9H2,1H3,(H,21,22)/t13-/m1/s1. The van der Waals surface area contributed by atoms with Crippen LogP contribution >= 0.6 is 11.6 Å². The third kappa shape index (κ3) is 3.78. The van der Waals surface area contributed by atoms with E-state index in [1.165, 1.54) is 11.9 Å². The lowest BCUT2D eigenvalue weighted by atomic mass is 10.1. The quantitative estimate of drug-likeness (QED) is 0.919. The molecular weight excluding hydrogens is 324 g/mol. The van der Waals surface area contributed by atoms with Crippen LogP contribution in [-0.4, -0.2) is 31.3 Å². The van der Waals surface area contributed by atoms with Crippen molar-refractivity contribution in [1.29, 1.82) is 5.26 Å². The number of nitrogens with zero attached hydrogens (tertiary/aromatic N) is 3. The van der Waals surface area contributed by atoms with Crippen molar-refractivity contribution in [1.82, 2.24) is 4.98 Å². The molecule has 0 saturated carbocycles. The number of anilines is 2. The van der Waals surface area contributed by atoms with E-state index < -0.39 is 0 Å². The second-order valence-electron chi connectivity index (χ2n) is 5.72. The van der Waals surface area contributed by atoms with Crippen molar-refractivity contribution in [2.24, 2.45) is 0 Å². The molecule has 0 bridgehead atoms. The van der Waals surface area contributed by atoms with Crippen molar-refractivity contribution in [3.05, 3.63) is 52.7 Å². The van der Waals surface area contributed by atoms with Crippen LogP contribution in [-0.2, 0) is 4.74 Å². The zero-order chi connectivity index (χ0) is 16.9. The van der Waals surface area contributed by atoms with Crippen LogP contribution < -0.4 is 10.2 Å². The van der Waals surface area contributed by atoms with Crippen LogP contribution in [0.4, 0.5) is 11.5 Å². The molecule has 2 aromatic rings. The van der Waals surface area contributed by atoms with E-state index in [-0.39, 0.29) is 6.04 Å². The van der Waals surface area contributed by atoms with Gasteiger partial charge in [-0.15, -0.1) is 0 Å². The Balaban J connectivity index is 1.68. The lowest BCUT2D eigenvalue weighted by Crippen LogP contribution is -2.36. The zero-order valence-electron chi connectivity index (χ0n) is 13.5. The molecule has 1 aromatic carbocycles. The van der Waals surface area contributed by atoms with E-state index in [1.807, 2.05) is 6.07 Å². The molecule has 1 aliphatic heterocycles. The first-order valence-corrected chi connectivity index (χ1v) is 8.30. The van der Waals surface area contributed by atoms with Crippen molar-refractivity contribution in [3.63, 3.8) is 0 Å². The fourth-order valence-electron chi connectivity index (χ4n) is 2.69. The third-order valence-electron chi connectivity index (χ3n) is 4.09. The molecule has 0 unspecified atom stereocenters. The molecule has 0 spiro atoms. The van der Waals surface area contributed by atoms with Gasteiger partial charge in [0.15, 0.2) is 0 Å². The molecule has 1 saturated heterocycles. The molecule has 0 radical (unpaired) electrons. The van der Waals surface area contributed by atoms with Gasteiger partial charge in [0.25, 0.3) is 0 Å². The van der Waals surface area contributed by atoms with Crippen LogP contribution in [0.2, 0.25) is 5.02 Å². The first kappa shape index (κ1) is 16.6. The summed E-state index contributed by atoms with van der Waals surface area (Å²) in [6.45, 7) is 5.47. The minimum atomic E-state index is 0.0571. The summed E-state index contributed by atoms with van der Waals surface area (Å²) in [5, 5.41) is 12.6. The Morgan fingerprint density at radius 3 is 2.62 bits per heavy atom. The second-order valence-corrected chi connectivity index (χ2v) is 6.13. The smallest absolute Gasteiger partial charge is 0.145 e. The Hall–Kier alpha value is -2.29. The van der Waals surface area contributed by atoms with Crippen molar-refractivity contribution in [2.75, 3.05) is 36.5 Å². The minimum Gasteiger partial charge on any atom is -0.378 e. The summed E-state index contributed by atoms with van der Waals surface area (Å²) in [6.07, 6.45) is 1.52. The predicted octanol–water partition coefficient (Wildman–Crippen LogP) is 3.62. The molecule has 1 N–H and O–H groups in total. The van der Waals surface area contributed by atoms with Gasteiger partial charge in [-0.25, -0.2) is 4.98 Å². The number of hydrogen-bond donors (Lipinski definition) is 1. The second kappa shape index (κ2) is 7.52. The summed E-state index contributed by atoms with van der Waals surface area (Å²) < 4.78 is 5.39. The summed E-state index contributed by atoms with van der Waals surface area (Å²) in [5.41, 5.74) is 2.81. The van der Waals surface area contributed by atoms with Crippen molar-refractivity contribution >= 4 is 23.1 Å². The van der Waals surface area contributed by atoms with E-state index in [0.29, 0.717) is 16.4 Å². The van der Waals surface area contributed by atoms with Gasteiger partial charge in [-0.05, 0) is 30.7 Å². The highest BCUT2D eigenvalue weighted by molar-refractivity contribution is 6.33. The maximum atomic E-state index is 8.87. The molecular formula is C18H19ClN4O. The van der Waals surface area contributed by atoms with E-state index in [4.69, 9.17) is 21.6 Å². The van der Waals surface area contributed by atoms with E-state index in [2.05, 4.69) is 46.4 Å². The van der Waals surface area contributed by atoms with Gasteiger partial charge in [0.2, 0.25) is 0 Å². The molecule has 1 fully saturated rings. The Morgan fingerprint density at radius 1 is 1.29 bits per heavy atom. The molecule has 0 aliphatic carbocycles. The molecule has 2 heterocycles. The monoisotopic (exact) mass is 342 g/mol. The number of pyridine rings is 1. The first-order chi connectivity index (χ1) is 11.7. The number of benzene rings is 1. The van der Waals surface area contributed by atoms with Gasteiger partial charge in [0.1, 0.15) is 11.9 Å². The summed E-state index contributed by atoms with van der Waals surface area (Å²) >= 11 is 6.17. The average molecular weight is 343 g/mol. The fourth-order valence-corrected chi connectivity index (χ4v) is 2.91. The summed E-state index contributed by atoms with van der Waals surface area (Å²) in [6, 6.07) is 12.2. The number of rotatable bonds is 4. The SMILES string of the molecule is C[C@@H](Nc1ncc(C#N)cc1Cl)c1ccc(N2CCOCC2)cc1. The number of nitriles is 1. The first-order valence-electron chi connectivity index (χ1n) is 7.92. The predicted molar refractivity (Wildman–Crippen MR) is 95.5 cm³/mol. The van der Waals surface area contributed by atoms with Crippen molar-refractivity contribution in [3.8, 4) is 6.07 Å². The van der Waals surface area contributed by atoms with Crippen LogP contribution in [0.1, 0.15) is 24.1 Å². The van der Waals surface area contributed by atoms with Crippen molar-refractivity contribution < 1.29 is 4.74 Å². The Bertz CT molecular complexity index is 736. The molecule has 24 heavy (non-hydrogen) atoms. The largest absolute Gasteiger partial charge is 0.378 e. The Morgan fingerprint density at radius 2 is 2.00 bits per heavy atom. The number of ether oxygens (including phenoxy) is 1. The topological polar surface area (TPSA) is 61.2 Å². The van der Waals surface area contributed by atoms with Crippen LogP contribution in [0, 0.1) is 11.3 Å². The van der Waals surface area contributed by atoms with E-state index in [0.717, 1.165) is 31.9 Å². The third-order valence-corrected chi connectivity index (χ3v) is 4.38. The lowest BCUT2D eigenvalue weighted by molar-refractivity contribution is 0.122. The number of hydrogen-bond acceptors (Lipinski definition) is 5. The van der Waals surface area contributed by atoms with Crippen LogP contribution in [0.15, 0.2) is 36.5 Å². The van der Waals surface area contributed by atoms with Gasteiger partial charge < -0.3 is 15.0 Å². The summed E-state index contributed by atoms with van der Waals surface area (Å²) in [4.78, 5) is 6.54. The number of halogens is 1. The van der Waals surface area contributed by atoms with E-state index >= 15 is 0 Å². The number of nitrogens with one attached hydrogen (secondary N) is 1.